The van der Waals surface area contributed by atoms with Crippen molar-refractivity contribution in [1.29, 1.82) is 0 Å². The first kappa shape index (κ1) is 10.6. The highest BCUT2D eigenvalue weighted by atomic mass is 16.5. The van der Waals surface area contributed by atoms with E-state index in [0.29, 0.717) is 11.9 Å². The van der Waals surface area contributed by atoms with E-state index in [1.54, 1.807) is 0 Å². The lowest BCUT2D eigenvalue weighted by molar-refractivity contribution is 0.160. The highest BCUT2D eigenvalue weighted by Gasteiger charge is 2.24. The van der Waals surface area contributed by atoms with E-state index in [0.717, 1.165) is 38.4 Å². The summed E-state index contributed by atoms with van der Waals surface area (Å²) >= 11 is 0. The second-order valence-electron chi connectivity index (χ2n) is 3.88. The molecule has 1 aliphatic heterocycles. The van der Waals surface area contributed by atoms with Gasteiger partial charge in [0.05, 0.1) is 6.04 Å². The van der Waals surface area contributed by atoms with Crippen LogP contribution < -0.4 is 5.32 Å². The van der Waals surface area contributed by atoms with Crippen molar-refractivity contribution in [2.75, 3.05) is 26.2 Å². The molecule has 1 aromatic rings. The topological polar surface area (TPSA) is 54.2 Å². The molecule has 1 unspecified atom stereocenters. The standard InChI is InChI=1S/C10H18N4O/c1-3-9(10-12-8(2)15-13-10)14-6-4-11-5-7-14/h9,11H,3-7H2,1-2H3. The van der Waals surface area contributed by atoms with Crippen molar-refractivity contribution in [1.82, 2.24) is 20.4 Å². The average molecular weight is 210 g/mol. The van der Waals surface area contributed by atoms with Crippen LogP contribution in [0.2, 0.25) is 0 Å². The Bertz CT molecular complexity index is 306. The van der Waals surface area contributed by atoms with Gasteiger partial charge >= 0.3 is 0 Å². The monoisotopic (exact) mass is 210 g/mol. The summed E-state index contributed by atoms with van der Waals surface area (Å²) < 4.78 is 5.03. The summed E-state index contributed by atoms with van der Waals surface area (Å²) in [4.78, 5) is 6.73. The zero-order valence-corrected chi connectivity index (χ0v) is 9.36. The van der Waals surface area contributed by atoms with E-state index in [4.69, 9.17) is 4.52 Å². The van der Waals surface area contributed by atoms with E-state index in [-0.39, 0.29) is 0 Å². The van der Waals surface area contributed by atoms with Crippen molar-refractivity contribution in [3.8, 4) is 0 Å². The van der Waals surface area contributed by atoms with Crippen molar-refractivity contribution in [3.05, 3.63) is 11.7 Å². The number of aryl methyl sites for hydroxylation is 1. The summed E-state index contributed by atoms with van der Waals surface area (Å²) in [6.45, 7) is 8.22. The van der Waals surface area contributed by atoms with Crippen LogP contribution in [0.3, 0.4) is 0 Å². The van der Waals surface area contributed by atoms with Gasteiger partial charge in [-0.2, -0.15) is 4.98 Å². The van der Waals surface area contributed by atoms with Crippen molar-refractivity contribution in [2.45, 2.75) is 26.3 Å². The van der Waals surface area contributed by atoms with Crippen LogP contribution in [0.25, 0.3) is 0 Å². The van der Waals surface area contributed by atoms with Crippen LogP contribution in [-0.2, 0) is 0 Å². The Morgan fingerprint density at radius 2 is 2.20 bits per heavy atom. The highest BCUT2D eigenvalue weighted by Crippen LogP contribution is 2.21. The molecule has 0 aliphatic carbocycles. The van der Waals surface area contributed by atoms with Crippen molar-refractivity contribution < 1.29 is 4.52 Å². The molecule has 0 bridgehead atoms. The van der Waals surface area contributed by atoms with Crippen LogP contribution in [0, 0.1) is 6.92 Å². The SMILES string of the molecule is CCC(c1noc(C)n1)N1CCNCC1. The number of hydrogen-bond acceptors (Lipinski definition) is 5. The molecule has 84 valence electrons. The number of piperazine rings is 1. The van der Waals surface area contributed by atoms with Gasteiger partial charge in [0.25, 0.3) is 0 Å². The maximum Gasteiger partial charge on any atom is 0.223 e. The lowest BCUT2D eigenvalue weighted by Gasteiger charge is -2.32. The molecule has 5 nitrogen and oxygen atoms in total. The van der Waals surface area contributed by atoms with E-state index >= 15 is 0 Å². The molecule has 0 radical (unpaired) electrons. The first-order valence-electron chi connectivity index (χ1n) is 5.56. The number of nitrogens with one attached hydrogen (secondary N) is 1. The van der Waals surface area contributed by atoms with Crippen LogP contribution in [0.1, 0.15) is 31.1 Å². The number of rotatable bonds is 3. The zero-order valence-electron chi connectivity index (χ0n) is 9.36. The lowest BCUT2D eigenvalue weighted by Crippen LogP contribution is -2.45. The molecule has 2 heterocycles. The summed E-state index contributed by atoms with van der Waals surface area (Å²) in [5.74, 6) is 1.48. The molecule has 1 aliphatic rings. The first-order chi connectivity index (χ1) is 7.31. The molecular formula is C10H18N4O. The summed E-state index contributed by atoms with van der Waals surface area (Å²) in [7, 11) is 0. The molecule has 15 heavy (non-hydrogen) atoms. The van der Waals surface area contributed by atoms with Gasteiger partial charge in [0.1, 0.15) is 0 Å². The highest BCUT2D eigenvalue weighted by molar-refractivity contribution is 4.94. The average Bonchev–Trinajstić information content (AvgIpc) is 2.68. The van der Waals surface area contributed by atoms with E-state index in [9.17, 15) is 0 Å². The Labute approximate surface area is 89.8 Å². The summed E-state index contributed by atoms with van der Waals surface area (Å²) in [5, 5.41) is 7.36. The predicted molar refractivity (Wildman–Crippen MR) is 56.5 cm³/mol. The Kier molecular flexibility index (Phi) is 3.33. The quantitative estimate of drug-likeness (QED) is 0.797. The van der Waals surface area contributed by atoms with Crippen molar-refractivity contribution >= 4 is 0 Å². The molecule has 1 N–H and O–H groups in total. The lowest BCUT2D eigenvalue weighted by atomic mass is 10.1. The van der Waals surface area contributed by atoms with Gasteiger partial charge < -0.3 is 9.84 Å². The third-order valence-electron chi connectivity index (χ3n) is 2.82. The van der Waals surface area contributed by atoms with Crippen LogP contribution in [-0.4, -0.2) is 41.2 Å². The third-order valence-corrected chi connectivity index (χ3v) is 2.82. The molecule has 0 aromatic carbocycles. The van der Waals surface area contributed by atoms with Crippen molar-refractivity contribution in [2.24, 2.45) is 0 Å². The maximum atomic E-state index is 5.03. The first-order valence-corrected chi connectivity index (χ1v) is 5.56. The van der Waals surface area contributed by atoms with Gasteiger partial charge in [-0.05, 0) is 6.42 Å². The van der Waals surface area contributed by atoms with E-state index < -0.39 is 0 Å². The smallest absolute Gasteiger partial charge is 0.223 e. The van der Waals surface area contributed by atoms with Crippen LogP contribution >= 0.6 is 0 Å². The Morgan fingerprint density at radius 3 is 2.73 bits per heavy atom. The minimum Gasteiger partial charge on any atom is -0.340 e. The maximum absolute atomic E-state index is 5.03. The number of hydrogen-bond donors (Lipinski definition) is 1. The van der Waals surface area contributed by atoms with E-state index in [1.807, 2.05) is 6.92 Å². The second kappa shape index (κ2) is 4.72. The fourth-order valence-corrected chi connectivity index (χ4v) is 2.05. The number of nitrogens with zero attached hydrogens (tertiary/aromatic N) is 3. The molecule has 1 aromatic heterocycles. The Hall–Kier alpha value is -0.940. The van der Waals surface area contributed by atoms with E-state index in [1.165, 1.54) is 0 Å². The fraction of sp³-hybridized carbons (Fsp3) is 0.800. The van der Waals surface area contributed by atoms with Gasteiger partial charge in [-0.15, -0.1) is 0 Å². The van der Waals surface area contributed by atoms with E-state index in [2.05, 4.69) is 27.3 Å². The molecule has 0 saturated carbocycles. The van der Waals surface area contributed by atoms with Crippen LogP contribution in [0.4, 0.5) is 0 Å². The minimum atomic E-state index is 0.310. The largest absolute Gasteiger partial charge is 0.340 e. The molecule has 1 saturated heterocycles. The fourth-order valence-electron chi connectivity index (χ4n) is 2.05. The third kappa shape index (κ3) is 2.35. The normalized spacial score (nSPS) is 20.4. The molecule has 0 spiro atoms. The van der Waals surface area contributed by atoms with Gasteiger partial charge in [-0.1, -0.05) is 12.1 Å². The van der Waals surface area contributed by atoms with Gasteiger partial charge in [0.15, 0.2) is 5.82 Å². The molecule has 0 amide bonds. The molecule has 2 rings (SSSR count). The van der Waals surface area contributed by atoms with Gasteiger partial charge in [0, 0.05) is 33.1 Å². The molecular weight excluding hydrogens is 192 g/mol. The molecule has 1 atom stereocenters. The van der Waals surface area contributed by atoms with Crippen LogP contribution in [0.15, 0.2) is 4.52 Å². The van der Waals surface area contributed by atoms with Crippen LogP contribution in [0.5, 0.6) is 0 Å². The number of aromatic nitrogens is 2. The Morgan fingerprint density at radius 1 is 1.47 bits per heavy atom. The summed E-state index contributed by atoms with van der Waals surface area (Å²) in [6.07, 6.45) is 1.03. The van der Waals surface area contributed by atoms with Gasteiger partial charge in [-0.3, -0.25) is 4.90 Å². The van der Waals surface area contributed by atoms with Gasteiger partial charge in [0.2, 0.25) is 5.89 Å². The minimum absolute atomic E-state index is 0.310. The van der Waals surface area contributed by atoms with Gasteiger partial charge in [-0.25, -0.2) is 0 Å². The second-order valence-corrected chi connectivity index (χ2v) is 3.88. The summed E-state index contributed by atoms with van der Waals surface area (Å²) in [6, 6.07) is 0.310. The summed E-state index contributed by atoms with van der Waals surface area (Å²) in [5.41, 5.74) is 0. The molecule has 1 fully saturated rings. The zero-order chi connectivity index (χ0) is 10.7. The predicted octanol–water partition coefficient (Wildman–Crippen LogP) is 0.734. The Balaban J connectivity index is 2.08. The molecule has 5 heteroatoms. The van der Waals surface area contributed by atoms with Crippen molar-refractivity contribution in [3.63, 3.8) is 0 Å².